The number of carbonyl (C=O) groups excluding carboxylic acids is 1. The van der Waals surface area contributed by atoms with E-state index in [0.29, 0.717) is 19.6 Å². The van der Waals surface area contributed by atoms with Crippen LogP contribution in [0.2, 0.25) is 0 Å². The van der Waals surface area contributed by atoms with Crippen LogP contribution in [0.3, 0.4) is 0 Å². The Bertz CT molecular complexity index is 645. The molecule has 1 aromatic carbocycles. The zero-order valence-electron chi connectivity index (χ0n) is 14.5. The summed E-state index contributed by atoms with van der Waals surface area (Å²) in [6, 6.07) is 3.84. The molecule has 0 saturated carbocycles. The van der Waals surface area contributed by atoms with Crippen molar-refractivity contribution in [1.82, 2.24) is 0 Å². The largest absolute Gasteiger partial charge is 0.465 e. The smallest absolute Gasteiger partial charge is 0.330 e. The van der Waals surface area contributed by atoms with Gasteiger partial charge in [-0.15, -0.1) is 0 Å². The highest BCUT2D eigenvalue weighted by Crippen LogP contribution is 2.48. The molecule has 138 valence electrons. The molecule has 9 heteroatoms. The molecule has 0 amide bonds. The number of nitrogens with zero attached hydrogens (tertiary/aromatic N) is 1. The minimum absolute atomic E-state index is 0.174. The first kappa shape index (κ1) is 21.0. The molecule has 0 aliphatic rings. The van der Waals surface area contributed by atoms with E-state index in [2.05, 4.69) is 0 Å². The maximum atomic E-state index is 12.3. The van der Waals surface area contributed by atoms with Crippen molar-refractivity contribution in [2.24, 2.45) is 0 Å². The monoisotopic (exact) mass is 371 g/mol. The predicted molar refractivity (Wildman–Crippen MR) is 93.2 cm³/mol. The Morgan fingerprint density at radius 2 is 1.88 bits per heavy atom. The van der Waals surface area contributed by atoms with Crippen molar-refractivity contribution in [3.05, 3.63) is 46.2 Å². The molecule has 0 spiro atoms. The van der Waals surface area contributed by atoms with Crippen molar-refractivity contribution in [2.45, 2.75) is 27.2 Å². The molecule has 1 rings (SSSR count). The van der Waals surface area contributed by atoms with Gasteiger partial charge < -0.3 is 13.8 Å². The van der Waals surface area contributed by atoms with Gasteiger partial charge in [-0.1, -0.05) is 0 Å². The predicted octanol–water partition coefficient (Wildman–Crippen LogP) is 4.35. The first-order valence-corrected chi connectivity index (χ1v) is 9.54. The molecule has 0 saturated heterocycles. The van der Waals surface area contributed by atoms with Gasteiger partial charge in [0.15, 0.2) is 5.78 Å². The molecule has 0 aliphatic carbocycles. The minimum atomic E-state index is -3.11. The maximum Gasteiger partial charge on any atom is 0.330 e. The number of Topliss-reactive ketones (excluding diaryl/α,β-unsaturated/α-hetero) is 1. The Morgan fingerprint density at radius 1 is 1.24 bits per heavy atom. The van der Waals surface area contributed by atoms with Crippen LogP contribution < -0.4 is 4.74 Å². The van der Waals surface area contributed by atoms with Crippen LogP contribution in [0.25, 0.3) is 0 Å². The number of ether oxygens (including phenoxy) is 1. The number of non-ortho nitro benzene ring substituents is 1. The molecule has 1 aromatic rings. The molecule has 0 radical (unpaired) electrons. The molecule has 0 fully saturated rings. The third-order valence-electron chi connectivity index (χ3n) is 3.03. The molecule has 25 heavy (non-hydrogen) atoms. The second-order valence-corrected chi connectivity index (χ2v) is 7.16. The SMILES string of the molecule is CCOP(=O)(CC/C=C/Oc1cc(C(C)=O)cc([N+](=O)[O-])c1)OCC. The summed E-state index contributed by atoms with van der Waals surface area (Å²) in [6.07, 6.45) is 3.51. The lowest BCUT2D eigenvalue weighted by atomic mass is 10.1. The first-order chi connectivity index (χ1) is 11.8. The number of carbonyl (C=O) groups is 1. The first-order valence-electron chi connectivity index (χ1n) is 7.81. The van der Waals surface area contributed by atoms with Crippen LogP contribution in [0.15, 0.2) is 30.5 Å². The van der Waals surface area contributed by atoms with E-state index in [-0.39, 0.29) is 28.9 Å². The minimum Gasteiger partial charge on any atom is -0.465 e. The zero-order valence-corrected chi connectivity index (χ0v) is 15.4. The summed E-state index contributed by atoms with van der Waals surface area (Å²) in [6.45, 7) is 5.37. The fourth-order valence-corrected chi connectivity index (χ4v) is 3.53. The van der Waals surface area contributed by atoms with Gasteiger partial charge in [0.05, 0.1) is 36.6 Å². The van der Waals surface area contributed by atoms with Crippen LogP contribution in [-0.2, 0) is 13.6 Å². The van der Waals surface area contributed by atoms with Gasteiger partial charge >= 0.3 is 7.60 Å². The summed E-state index contributed by atoms with van der Waals surface area (Å²) in [5.41, 5.74) is -0.0388. The van der Waals surface area contributed by atoms with Gasteiger partial charge in [0.1, 0.15) is 5.75 Å². The molecule has 0 aliphatic heterocycles. The third-order valence-corrected chi connectivity index (χ3v) is 5.14. The summed E-state index contributed by atoms with van der Waals surface area (Å²) in [5, 5.41) is 10.9. The number of allylic oxidation sites excluding steroid dienone is 1. The van der Waals surface area contributed by atoms with Gasteiger partial charge in [-0.2, -0.15) is 0 Å². The lowest BCUT2D eigenvalue weighted by Crippen LogP contribution is -1.99. The summed E-state index contributed by atoms with van der Waals surface area (Å²) >= 11 is 0. The summed E-state index contributed by atoms with van der Waals surface area (Å²) in [5.74, 6) is -0.125. The van der Waals surface area contributed by atoms with Gasteiger partial charge in [-0.3, -0.25) is 19.5 Å². The molecular weight excluding hydrogens is 349 g/mol. The molecule has 0 heterocycles. The molecule has 0 bridgehead atoms. The molecule has 8 nitrogen and oxygen atoms in total. The van der Waals surface area contributed by atoms with Crippen molar-refractivity contribution in [3.63, 3.8) is 0 Å². The Labute approximate surface area is 146 Å². The maximum absolute atomic E-state index is 12.3. The summed E-state index contributed by atoms with van der Waals surface area (Å²) in [4.78, 5) is 21.7. The summed E-state index contributed by atoms with van der Waals surface area (Å²) < 4.78 is 27.9. The Balaban J connectivity index is 2.71. The van der Waals surface area contributed by atoms with E-state index in [1.807, 2.05) is 0 Å². The second kappa shape index (κ2) is 10.1. The van der Waals surface area contributed by atoms with Crippen LogP contribution in [0, 0.1) is 10.1 Å². The van der Waals surface area contributed by atoms with Gasteiger partial charge in [0.25, 0.3) is 5.69 Å². The fourth-order valence-electron chi connectivity index (χ4n) is 1.95. The van der Waals surface area contributed by atoms with E-state index in [1.165, 1.54) is 31.4 Å². The van der Waals surface area contributed by atoms with E-state index in [9.17, 15) is 19.5 Å². The quantitative estimate of drug-likeness (QED) is 0.187. The number of rotatable bonds is 11. The van der Waals surface area contributed by atoms with Crippen molar-refractivity contribution in [2.75, 3.05) is 19.4 Å². The van der Waals surface area contributed by atoms with Crippen LogP contribution >= 0.6 is 7.60 Å². The van der Waals surface area contributed by atoms with E-state index >= 15 is 0 Å². The average Bonchev–Trinajstić information content (AvgIpc) is 2.54. The lowest BCUT2D eigenvalue weighted by molar-refractivity contribution is -0.384. The Kier molecular flexibility index (Phi) is 8.48. The van der Waals surface area contributed by atoms with Crippen LogP contribution in [-0.4, -0.2) is 30.1 Å². The molecule has 0 aromatic heterocycles. The summed E-state index contributed by atoms with van der Waals surface area (Å²) in [7, 11) is -3.11. The third kappa shape index (κ3) is 7.17. The fraction of sp³-hybridized carbons (Fsp3) is 0.438. The highest BCUT2D eigenvalue weighted by Gasteiger charge is 2.21. The van der Waals surface area contributed by atoms with Crippen LogP contribution in [0.1, 0.15) is 37.6 Å². The van der Waals surface area contributed by atoms with Gasteiger partial charge in [0.2, 0.25) is 0 Å². The highest BCUT2D eigenvalue weighted by molar-refractivity contribution is 7.53. The van der Waals surface area contributed by atoms with E-state index < -0.39 is 12.5 Å². The van der Waals surface area contributed by atoms with Gasteiger partial charge in [0, 0.05) is 11.6 Å². The number of ketones is 1. The van der Waals surface area contributed by atoms with E-state index in [4.69, 9.17) is 13.8 Å². The number of nitro benzene ring substituents is 1. The highest BCUT2D eigenvalue weighted by atomic mass is 31.2. The van der Waals surface area contributed by atoms with Gasteiger partial charge in [-0.25, -0.2) is 0 Å². The zero-order chi connectivity index (χ0) is 18.9. The van der Waals surface area contributed by atoms with Crippen molar-refractivity contribution >= 4 is 19.1 Å². The Hall–Kier alpha value is -2.02. The molecular formula is C16H22NO7P. The lowest BCUT2D eigenvalue weighted by Gasteiger charge is -2.15. The number of hydrogen-bond donors (Lipinski definition) is 0. The topological polar surface area (TPSA) is 105 Å². The van der Waals surface area contributed by atoms with Crippen LogP contribution in [0.4, 0.5) is 5.69 Å². The van der Waals surface area contributed by atoms with E-state index in [0.717, 1.165) is 0 Å². The molecule has 0 unspecified atom stereocenters. The number of nitro groups is 1. The standard InChI is InChI=1S/C16H22NO7P/c1-4-23-25(21,24-5-2)9-7-6-8-22-16-11-14(13(3)18)10-15(12-16)17(19)20/h6,8,10-12H,4-5,7,9H2,1-3H3/b8-6+. The number of benzene rings is 1. The van der Waals surface area contributed by atoms with Crippen molar-refractivity contribution in [3.8, 4) is 5.75 Å². The van der Waals surface area contributed by atoms with Crippen molar-refractivity contribution in [1.29, 1.82) is 0 Å². The average molecular weight is 371 g/mol. The van der Waals surface area contributed by atoms with Crippen LogP contribution in [0.5, 0.6) is 5.75 Å². The number of hydrogen-bond acceptors (Lipinski definition) is 7. The van der Waals surface area contributed by atoms with Crippen molar-refractivity contribution < 1.29 is 28.1 Å². The van der Waals surface area contributed by atoms with Gasteiger partial charge in [-0.05, 0) is 39.3 Å². The normalized spacial score (nSPS) is 11.6. The Morgan fingerprint density at radius 3 is 2.40 bits per heavy atom. The molecule has 0 atom stereocenters. The second-order valence-electron chi connectivity index (χ2n) is 4.98. The molecule has 0 N–H and O–H groups in total. The van der Waals surface area contributed by atoms with E-state index in [1.54, 1.807) is 19.9 Å².